The van der Waals surface area contributed by atoms with Crippen molar-refractivity contribution in [1.29, 1.82) is 0 Å². The van der Waals surface area contributed by atoms with Gasteiger partial charge >= 0.3 is 0 Å². The Morgan fingerprint density at radius 3 is 1.66 bits per heavy atom. The van der Waals surface area contributed by atoms with Crippen LogP contribution in [-0.4, -0.2) is 0 Å². The van der Waals surface area contributed by atoms with Crippen LogP contribution in [0, 0.1) is 0 Å². The standard InChI is InChI=1S/C60H47NO/c1-5-13-42(14-6-1)46-21-29-54(30-22-46)61(56-33-25-48(26-34-56)53-38-51(44-17-9-3-10-18-44)37-52(39-53)45-19-11-4-12-20-45)55-31-23-47(24-32-55)50-28-36-60-58(41-50)57-40-49(27-35-59(57)62-60)43-15-7-2-8-16-43/h1-25,27-33,35-38,41,49,52H,26,34,39-40H2. The van der Waals surface area contributed by atoms with Crippen molar-refractivity contribution in [1.82, 2.24) is 0 Å². The minimum absolute atomic E-state index is 0.332. The fourth-order valence-electron chi connectivity index (χ4n) is 9.67. The van der Waals surface area contributed by atoms with Gasteiger partial charge in [0.05, 0.1) is 0 Å². The number of rotatable bonds is 9. The number of nitrogens with zero attached hydrogens (tertiary/aromatic N) is 1. The first kappa shape index (κ1) is 37.6. The van der Waals surface area contributed by atoms with E-state index in [0.717, 1.165) is 48.4 Å². The molecule has 1 aromatic heterocycles. The Morgan fingerprint density at radius 1 is 0.468 bits per heavy atom. The van der Waals surface area contributed by atoms with Crippen molar-refractivity contribution in [2.24, 2.45) is 0 Å². The third-order valence-electron chi connectivity index (χ3n) is 13.0. The third-order valence-corrected chi connectivity index (χ3v) is 13.0. The fraction of sp³-hybridized carbons (Fsp3) is 0.100. The van der Waals surface area contributed by atoms with Gasteiger partial charge in [-0.25, -0.2) is 0 Å². The summed E-state index contributed by atoms with van der Waals surface area (Å²) in [5.74, 6) is 1.66. The van der Waals surface area contributed by atoms with Crippen LogP contribution in [0.3, 0.4) is 0 Å². The SMILES string of the molecule is C1=CC(c2ccccc2)Cc2c1oc1ccc(-c3ccc(N(C4=CC=C(C5=CC(c6ccccc6)=CC(c6ccccc6)C5)CC4)c4ccc(-c5ccccc5)cc4)cc3)cc21. The molecule has 2 atom stereocenters. The first-order valence-electron chi connectivity index (χ1n) is 22.0. The largest absolute Gasteiger partial charge is 0.456 e. The van der Waals surface area contributed by atoms with E-state index >= 15 is 0 Å². The maximum atomic E-state index is 6.36. The van der Waals surface area contributed by atoms with Crippen LogP contribution < -0.4 is 4.90 Å². The molecule has 0 saturated heterocycles. The molecule has 298 valence electrons. The summed E-state index contributed by atoms with van der Waals surface area (Å²) >= 11 is 0. The Kier molecular flexibility index (Phi) is 10.0. The van der Waals surface area contributed by atoms with E-state index in [4.69, 9.17) is 4.42 Å². The van der Waals surface area contributed by atoms with Crippen molar-refractivity contribution >= 4 is 34.0 Å². The van der Waals surface area contributed by atoms with Gasteiger partial charge in [0.25, 0.3) is 0 Å². The lowest BCUT2D eigenvalue weighted by atomic mass is 9.79. The molecule has 3 aliphatic rings. The summed E-state index contributed by atoms with van der Waals surface area (Å²) in [6.07, 6.45) is 17.9. The molecule has 8 aromatic rings. The molecule has 0 radical (unpaired) electrons. The van der Waals surface area contributed by atoms with Crippen LogP contribution >= 0.6 is 0 Å². The Morgan fingerprint density at radius 2 is 1.03 bits per heavy atom. The van der Waals surface area contributed by atoms with Crippen LogP contribution in [0.4, 0.5) is 11.4 Å². The summed E-state index contributed by atoms with van der Waals surface area (Å²) in [6.45, 7) is 0. The highest BCUT2D eigenvalue weighted by molar-refractivity contribution is 5.90. The van der Waals surface area contributed by atoms with E-state index in [1.807, 2.05) is 0 Å². The first-order valence-corrected chi connectivity index (χ1v) is 22.0. The molecular weight excluding hydrogens is 751 g/mol. The summed E-state index contributed by atoms with van der Waals surface area (Å²) < 4.78 is 6.36. The lowest BCUT2D eigenvalue weighted by Gasteiger charge is -2.31. The molecule has 0 amide bonds. The van der Waals surface area contributed by atoms with Gasteiger partial charge in [0.1, 0.15) is 11.3 Å². The molecule has 2 unspecified atom stereocenters. The van der Waals surface area contributed by atoms with Crippen LogP contribution in [0.15, 0.2) is 240 Å². The molecule has 3 aliphatic carbocycles. The maximum Gasteiger partial charge on any atom is 0.135 e. The van der Waals surface area contributed by atoms with E-state index in [0.29, 0.717) is 11.8 Å². The number of furan rings is 1. The smallest absolute Gasteiger partial charge is 0.135 e. The van der Waals surface area contributed by atoms with Gasteiger partial charge in [-0.05, 0) is 130 Å². The van der Waals surface area contributed by atoms with Crippen molar-refractivity contribution in [3.63, 3.8) is 0 Å². The Labute approximate surface area is 364 Å². The number of hydrogen-bond donors (Lipinski definition) is 0. The number of hydrogen-bond acceptors (Lipinski definition) is 2. The van der Waals surface area contributed by atoms with Gasteiger partial charge in [0.15, 0.2) is 0 Å². The quantitative estimate of drug-likeness (QED) is 0.145. The van der Waals surface area contributed by atoms with Crippen molar-refractivity contribution in [3.05, 3.63) is 263 Å². The molecule has 62 heavy (non-hydrogen) atoms. The monoisotopic (exact) mass is 797 g/mol. The highest BCUT2D eigenvalue weighted by Gasteiger charge is 2.25. The van der Waals surface area contributed by atoms with E-state index < -0.39 is 0 Å². The molecule has 0 bridgehead atoms. The van der Waals surface area contributed by atoms with Crippen molar-refractivity contribution in [2.75, 3.05) is 4.90 Å². The average Bonchev–Trinajstić information content (AvgIpc) is 3.73. The second-order valence-electron chi connectivity index (χ2n) is 16.8. The molecule has 0 aliphatic heterocycles. The van der Waals surface area contributed by atoms with E-state index in [9.17, 15) is 0 Å². The van der Waals surface area contributed by atoms with Gasteiger partial charge in [-0.15, -0.1) is 0 Å². The van der Waals surface area contributed by atoms with E-state index in [-0.39, 0.29) is 0 Å². The summed E-state index contributed by atoms with van der Waals surface area (Å²) in [5, 5.41) is 1.21. The molecular formula is C60H47NO. The van der Waals surface area contributed by atoms with Gasteiger partial charge in [0.2, 0.25) is 0 Å². The summed E-state index contributed by atoms with van der Waals surface area (Å²) in [5.41, 5.74) is 18.8. The molecule has 7 aromatic carbocycles. The van der Waals surface area contributed by atoms with Crippen LogP contribution in [0.5, 0.6) is 0 Å². The topological polar surface area (TPSA) is 16.4 Å². The predicted octanol–water partition coefficient (Wildman–Crippen LogP) is 16.1. The lowest BCUT2D eigenvalue weighted by Crippen LogP contribution is -2.18. The summed E-state index contributed by atoms with van der Waals surface area (Å²) in [7, 11) is 0. The normalized spacial score (nSPS) is 17.1. The maximum absolute atomic E-state index is 6.36. The van der Waals surface area contributed by atoms with Gasteiger partial charge in [-0.1, -0.05) is 176 Å². The second kappa shape index (κ2) is 16.6. The minimum Gasteiger partial charge on any atom is -0.456 e. The predicted molar refractivity (Wildman–Crippen MR) is 259 cm³/mol. The summed E-state index contributed by atoms with van der Waals surface area (Å²) in [6, 6.07) is 68.1. The average molecular weight is 798 g/mol. The van der Waals surface area contributed by atoms with Gasteiger partial charge in [0, 0.05) is 39.9 Å². The van der Waals surface area contributed by atoms with E-state index in [2.05, 4.69) is 229 Å². The number of anilines is 2. The molecule has 0 fully saturated rings. The van der Waals surface area contributed by atoms with Crippen LogP contribution in [0.2, 0.25) is 0 Å². The Balaban J connectivity index is 0.923. The molecule has 2 heteroatoms. The van der Waals surface area contributed by atoms with Crippen molar-refractivity contribution in [2.45, 2.75) is 37.5 Å². The molecule has 0 spiro atoms. The van der Waals surface area contributed by atoms with E-state index in [1.165, 1.54) is 72.3 Å². The van der Waals surface area contributed by atoms with E-state index in [1.54, 1.807) is 0 Å². The number of fused-ring (bicyclic) bond motifs is 3. The minimum atomic E-state index is 0.332. The highest BCUT2D eigenvalue weighted by Crippen LogP contribution is 2.43. The Hall–Kier alpha value is -7.42. The molecule has 1 heterocycles. The zero-order chi connectivity index (χ0) is 41.2. The van der Waals surface area contributed by atoms with Crippen molar-refractivity contribution in [3.8, 4) is 22.3 Å². The van der Waals surface area contributed by atoms with Crippen LogP contribution in [0.1, 0.15) is 59.1 Å². The zero-order valence-electron chi connectivity index (χ0n) is 34.7. The molecule has 11 rings (SSSR count). The molecule has 0 N–H and O–H groups in total. The number of benzene rings is 7. The van der Waals surface area contributed by atoms with Gasteiger partial charge < -0.3 is 9.32 Å². The number of allylic oxidation sites excluding steroid dienone is 9. The van der Waals surface area contributed by atoms with Crippen molar-refractivity contribution < 1.29 is 4.42 Å². The zero-order valence-corrected chi connectivity index (χ0v) is 34.7. The van der Waals surface area contributed by atoms with Gasteiger partial charge in [-0.2, -0.15) is 0 Å². The van der Waals surface area contributed by atoms with Gasteiger partial charge in [-0.3, -0.25) is 0 Å². The highest BCUT2D eigenvalue weighted by atomic mass is 16.3. The first-order chi connectivity index (χ1) is 30.7. The van der Waals surface area contributed by atoms with Crippen LogP contribution in [0.25, 0.3) is 44.9 Å². The lowest BCUT2D eigenvalue weighted by molar-refractivity contribution is 0.592. The fourth-order valence-corrected chi connectivity index (χ4v) is 9.67. The van der Waals surface area contributed by atoms with Crippen LogP contribution in [-0.2, 0) is 6.42 Å². The summed E-state index contributed by atoms with van der Waals surface area (Å²) in [4.78, 5) is 2.45. The molecule has 0 saturated carbocycles. The second-order valence-corrected chi connectivity index (χ2v) is 16.8. The Bertz CT molecular complexity index is 3020. The molecule has 2 nitrogen and oxygen atoms in total. The third kappa shape index (κ3) is 7.50.